The Kier molecular flexibility index (Phi) is 7.12. The number of nitrogens with one attached hydrogen (secondary N) is 2. The zero-order valence-corrected chi connectivity index (χ0v) is 18.8. The fourth-order valence-corrected chi connectivity index (χ4v) is 3.74. The van der Waals surface area contributed by atoms with E-state index in [2.05, 4.69) is 25.2 Å². The van der Waals surface area contributed by atoms with Gasteiger partial charge in [0.1, 0.15) is 23.1 Å². The summed E-state index contributed by atoms with van der Waals surface area (Å²) in [5.41, 5.74) is 2.93. The highest BCUT2D eigenvalue weighted by Crippen LogP contribution is 2.24. The molecule has 2 aromatic heterocycles. The van der Waals surface area contributed by atoms with Gasteiger partial charge in [0.25, 0.3) is 15.9 Å². The Hall–Kier alpha value is -4.58. The summed E-state index contributed by atoms with van der Waals surface area (Å²) in [4.78, 5) is 19.5. The molecule has 2 N–H and O–H groups in total. The normalized spacial score (nSPS) is 11.3. The Balaban J connectivity index is 1.32. The maximum atomic E-state index is 12.9. The summed E-state index contributed by atoms with van der Waals surface area (Å²) in [5, 5.41) is 3.80. The third-order valence-corrected chi connectivity index (χ3v) is 5.78. The standard InChI is InChI=1S/C23H18FN5O5S/c24-17-4-6-18(7-5-17)33-15-22(30)28-27-14-19-8-11-21(34-19)16-2-9-20(10-3-16)35(31,32)29-23-25-12-1-13-26-23/h1-14H,15H2,(H,28,30)(H,25,26,29). The Morgan fingerprint density at radius 2 is 1.74 bits per heavy atom. The number of rotatable bonds is 9. The molecule has 4 rings (SSSR count). The van der Waals surface area contributed by atoms with Crippen molar-refractivity contribution in [1.29, 1.82) is 0 Å². The van der Waals surface area contributed by atoms with Gasteiger partial charge in [0.05, 0.1) is 11.1 Å². The second kappa shape index (κ2) is 10.6. The zero-order chi connectivity index (χ0) is 24.7. The Labute approximate surface area is 199 Å². The van der Waals surface area contributed by atoms with Crippen LogP contribution in [-0.2, 0) is 14.8 Å². The number of benzene rings is 2. The number of halogens is 1. The van der Waals surface area contributed by atoms with Crippen LogP contribution < -0.4 is 14.9 Å². The molecule has 35 heavy (non-hydrogen) atoms. The SMILES string of the molecule is O=C(COc1ccc(F)cc1)NN=Cc1ccc(-c2ccc(S(=O)(=O)Nc3ncccn3)cc2)o1. The van der Waals surface area contributed by atoms with Gasteiger partial charge in [-0.15, -0.1) is 0 Å². The van der Waals surface area contributed by atoms with Gasteiger partial charge in [-0.05, 0) is 66.7 Å². The molecule has 0 fully saturated rings. The third kappa shape index (κ3) is 6.48. The molecule has 0 spiro atoms. The van der Waals surface area contributed by atoms with Crippen LogP contribution in [0.4, 0.5) is 10.3 Å². The lowest BCUT2D eigenvalue weighted by Gasteiger charge is -2.06. The molecule has 4 aromatic rings. The van der Waals surface area contributed by atoms with Crippen molar-refractivity contribution >= 4 is 28.1 Å². The highest BCUT2D eigenvalue weighted by atomic mass is 32.2. The zero-order valence-electron chi connectivity index (χ0n) is 18.0. The largest absolute Gasteiger partial charge is 0.484 e. The number of hydrogen-bond donors (Lipinski definition) is 2. The molecule has 0 atom stereocenters. The first-order valence-corrected chi connectivity index (χ1v) is 11.6. The van der Waals surface area contributed by atoms with E-state index in [-0.39, 0.29) is 17.5 Å². The van der Waals surface area contributed by atoms with Crippen LogP contribution in [0.5, 0.6) is 5.75 Å². The summed E-state index contributed by atoms with van der Waals surface area (Å²) in [7, 11) is -3.85. The number of nitrogens with zero attached hydrogens (tertiary/aromatic N) is 3. The van der Waals surface area contributed by atoms with E-state index < -0.39 is 21.7 Å². The van der Waals surface area contributed by atoms with E-state index in [4.69, 9.17) is 9.15 Å². The molecule has 0 saturated carbocycles. The van der Waals surface area contributed by atoms with Crippen LogP contribution >= 0.6 is 0 Å². The molecule has 178 valence electrons. The second-order valence-corrected chi connectivity index (χ2v) is 8.62. The molecule has 0 saturated heterocycles. The van der Waals surface area contributed by atoms with E-state index in [0.717, 1.165) is 0 Å². The molecule has 1 amide bonds. The topological polar surface area (TPSA) is 136 Å². The second-order valence-electron chi connectivity index (χ2n) is 6.94. The molecule has 0 aliphatic heterocycles. The minimum absolute atomic E-state index is 0.0272. The predicted molar refractivity (Wildman–Crippen MR) is 125 cm³/mol. The van der Waals surface area contributed by atoms with Gasteiger partial charge in [-0.25, -0.2) is 32.9 Å². The lowest BCUT2D eigenvalue weighted by atomic mass is 10.2. The third-order valence-electron chi connectivity index (χ3n) is 4.43. The first-order valence-electron chi connectivity index (χ1n) is 10.1. The molecule has 0 aliphatic carbocycles. The number of carbonyl (C=O) groups excluding carboxylic acids is 1. The van der Waals surface area contributed by atoms with Gasteiger partial charge < -0.3 is 9.15 Å². The molecular formula is C23H18FN5O5S. The van der Waals surface area contributed by atoms with Crippen LogP contribution in [0, 0.1) is 5.82 Å². The lowest BCUT2D eigenvalue weighted by molar-refractivity contribution is -0.123. The van der Waals surface area contributed by atoms with Crippen LogP contribution in [0.15, 0.2) is 93.5 Å². The molecule has 2 heterocycles. The first-order chi connectivity index (χ1) is 16.9. The Bertz CT molecular complexity index is 1420. The molecular weight excluding hydrogens is 477 g/mol. The van der Waals surface area contributed by atoms with E-state index in [1.54, 1.807) is 30.3 Å². The quantitative estimate of drug-likeness (QED) is 0.269. The maximum absolute atomic E-state index is 12.9. The van der Waals surface area contributed by atoms with E-state index in [1.807, 2.05) is 0 Å². The number of aromatic nitrogens is 2. The number of hydrazone groups is 1. The molecule has 12 heteroatoms. The number of furan rings is 1. The minimum atomic E-state index is -3.85. The number of amides is 1. The molecule has 2 aromatic carbocycles. The fourth-order valence-electron chi connectivity index (χ4n) is 2.79. The average Bonchev–Trinajstić information content (AvgIpc) is 3.33. The first kappa shape index (κ1) is 23.6. The smallest absolute Gasteiger partial charge is 0.277 e. The summed E-state index contributed by atoms with van der Waals surface area (Å²) in [6, 6.07) is 16.2. The van der Waals surface area contributed by atoms with Gasteiger partial charge in [0.2, 0.25) is 5.95 Å². The van der Waals surface area contributed by atoms with Crippen molar-refractivity contribution in [3.8, 4) is 17.1 Å². The number of anilines is 1. The van der Waals surface area contributed by atoms with Crippen LogP contribution in [0.3, 0.4) is 0 Å². The summed E-state index contributed by atoms with van der Waals surface area (Å²) in [6.07, 6.45) is 4.17. The molecule has 0 radical (unpaired) electrons. The number of ether oxygens (including phenoxy) is 1. The van der Waals surface area contributed by atoms with Crippen LogP contribution in [0.25, 0.3) is 11.3 Å². The van der Waals surface area contributed by atoms with Crippen molar-refractivity contribution in [2.24, 2.45) is 5.10 Å². The summed E-state index contributed by atoms with van der Waals surface area (Å²) < 4.78 is 51.0. The highest BCUT2D eigenvalue weighted by molar-refractivity contribution is 7.92. The number of sulfonamides is 1. The predicted octanol–water partition coefficient (Wildman–Crippen LogP) is 3.21. The van der Waals surface area contributed by atoms with Gasteiger partial charge in [0, 0.05) is 18.0 Å². The van der Waals surface area contributed by atoms with Crippen molar-refractivity contribution in [2.45, 2.75) is 4.90 Å². The molecule has 0 unspecified atom stereocenters. The van der Waals surface area contributed by atoms with Gasteiger partial charge >= 0.3 is 0 Å². The van der Waals surface area contributed by atoms with Crippen LogP contribution in [-0.4, -0.2) is 37.1 Å². The minimum Gasteiger partial charge on any atom is -0.484 e. The van der Waals surface area contributed by atoms with E-state index in [9.17, 15) is 17.6 Å². The van der Waals surface area contributed by atoms with Crippen molar-refractivity contribution < 1.29 is 26.8 Å². The van der Waals surface area contributed by atoms with Gasteiger partial charge in [-0.2, -0.15) is 5.10 Å². The van der Waals surface area contributed by atoms with Gasteiger partial charge in [-0.1, -0.05) is 0 Å². The van der Waals surface area contributed by atoms with Crippen LogP contribution in [0.1, 0.15) is 5.76 Å². The van der Waals surface area contributed by atoms with Gasteiger partial charge in [-0.3, -0.25) is 4.79 Å². The highest BCUT2D eigenvalue weighted by Gasteiger charge is 2.16. The lowest BCUT2D eigenvalue weighted by Crippen LogP contribution is -2.24. The summed E-state index contributed by atoms with van der Waals surface area (Å²) >= 11 is 0. The van der Waals surface area contributed by atoms with Gasteiger partial charge in [0.15, 0.2) is 6.61 Å². The molecule has 10 nitrogen and oxygen atoms in total. The van der Waals surface area contributed by atoms with Crippen molar-refractivity contribution in [2.75, 3.05) is 11.3 Å². The van der Waals surface area contributed by atoms with E-state index in [0.29, 0.717) is 22.8 Å². The summed E-state index contributed by atoms with van der Waals surface area (Å²) in [5.74, 6) is 0.244. The Morgan fingerprint density at radius 1 is 1.03 bits per heavy atom. The number of hydrogen-bond acceptors (Lipinski definition) is 8. The molecule has 0 bridgehead atoms. The van der Waals surface area contributed by atoms with Crippen molar-refractivity contribution in [3.05, 3.63) is 90.7 Å². The summed E-state index contributed by atoms with van der Waals surface area (Å²) in [6.45, 7) is -0.299. The number of carbonyl (C=O) groups is 1. The monoisotopic (exact) mass is 495 g/mol. The molecule has 0 aliphatic rings. The van der Waals surface area contributed by atoms with Crippen molar-refractivity contribution in [1.82, 2.24) is 15.4 Å². The van der Waals surface area contributed by atoms with E-state index in [1.165, 1.54) is 55.0 Å². The van der Waals surface area contributed by atoms with E-state index >= 15 is 0 Å². The average molecular weight is 495 g/mol. The van der Waals surface area contributed by atoms with Crippen molar-refractivity contribution in [3.63, 3.8) is 0 Å². The Morgan fingerprint density at radius 3 is 2.46 bits per heavy atom. The van der Waals surface area contributed by atoms with Crippen LogP contribution in [0.2, 0.25) is 0 Å². The fraction of sp³-hybridized carbons (Fsp3) is 0.0435. The maximum Gasteiger partial charge on any atom is 0.277 e.